The molecule has 5 heteroatoms. The molecule has 2 fully saturated rings. The maximum absolute atomic E-state index is 11.7. The van der Waals surface area contributed by atoms with Crippen LogP contribution in [0.5, 0.6) is 0 Å². The van der Waals surface area contributed by atoms with Crippen LogP contribution < -0.4 is 16.0 Å². The lowest BCUT2D eigenvalue weighted by Gasteiger charge is -2.28. The van der Waals surface area contributed by atoms with Gasteiger partial charge in [-0.3, -0.25) is 9.59 Å². The third-order valence-corrected chi connectivity index (χ3v) is 7.80. The molecule has 0 aliphatic heterocycles. The van der Waals surface area contributed by atoms with E-state index in [1.165, 1.54) is 44.9 Å². The van der Waals surface area contributed by atoms with Crippen LogP contribution in [0.1, 0.15) is 116 Å². The van der Waals surface area contributed by atoms with Gasteiger partial charge in [-0.25, -0.2) is 0 Å². The maximum Gasteiger partial charge on any atom is 0.227 e. The number of benzene rings is 1. The van der Waals surface area contributed by atoms with E-state index >= 15 is 0 Å². The summed E-state index contributed by atoms with van der Waals surface area (Å²) in [6, 6.07) is 5.51. The molecule has 0 spiro atoms. The molecule has 1 aromatic carbocycles. The van der Waals surface area contributed by atoms with Crippen molar-refractivity contribution in [2.75, 3.05) is 12.4 Å². The van der Waals surface area contributed by atoms with E-state index < -0.39 is 0 Å². The first-order valence-corrected chi connectivity index (χ1v) is 15.0. The van der Waals surface area contributed by atoms with E-state index in [-0.39, 0.29) is 19.3 Å². The van der Waals surface area contributed by atoms with Crippen LogP contribution in [0.3, 0.4) is 0 Å². The molecule has 2 aliphatic carbocycles. The summed E-state index contributed by atoms with van der Waals surface area (Å²) in [7, 11) is 2.12. The number of aldehydes is 1. The van der Waals surface area contributed by atoms with Crippen LogP contribution in [0.2, 0.25) is 0 Å². The molecule has 2 aliphatic rings. The summed E-state index contributed by atoms with van der Waals surface area (Å²) in [5.74, 6) is 1.35. The summed E-state index contributed by atoms with van der Waals surface area (Å²) >= 11 is 0. The molecule has 2 saturated carbocycles. The zero-order valence-electron chi connectivity index (χ0n) is 26.2. The molecule has 2 unspecified atom stereocenters. The Morgan fingerprint density at radius 1 is 1.12 bits per heavy atom. The normalized spacial score (nSPS) is 20.5. The Balaban J connectivity index is 0.000000579. The van der Waals surface area contributed by atoms with E-state index in [1.54, 1.807) is 6.07 Å². The van der Waals surface area contributed by atoms with Gasteiger partial charge in [-0.2, -0.15) is 0 Å². The number of hydrogen-bond acceptors (Lipinski definition) is 4. The summed E-state index contributed by atoms with van der Waals surface area (Å²) in [6.45, 7) is 16.0. The molecule has 41 heavy (non-hydrogen) atoms. The lowest BCUT2D eigenvalue weighted by Crippen LogP contribution is -2.40. The van der Waals surface area contributed by atoms with E-state index in [0.717, 1.165) is 47.7 Å². The molecule has 1 aromatic rings. The Hall–Kier alpha value is -2.92. The Bertz CT molecular complexity index is 1020. The van der Waals surface area contributed by atoms with E-state index in [1.807, 2.05) is 58.1 Å². The Labute approximate surface area is 252 Å². The average Bonchev–Trinajstić information content (AvgIpc) is 3.61. The molecule has 2 atom stereocenters. The number of hydrogen-bond donors (Lipinski definition) is 3. The van der Waals surface area contributed by atoms with Gasteiger partial charge in [-0.1, -0.05) is 58.1 Å². The smallest absolute Gasteiger partial charge is 0.227 e. The maximum atomic E-state index is 11.7. The second-order valence-electron chi connectivity index (χ2n) is 11.3. The topological polar surface area (TPSA) is 70.2 Å². The minimum atomic E-state index is 0. The first-order chi connectivity index (χ1) is 19.1. The quantitative estimate of drug-likeness (QED) is 0.150. The van der Waals surface area contributed by atoms with Gasteiger partial charge in [0.1, 0.15) is 6.29 Å². The number of carbonyl (C=O) groups excluding carboxylic acids is 2. The monoisotopic (exact) mass is 565 g/mol. The highest BCUT2D eigenvalue weighted by Crippen LogP contribution is 2.37. The second kappa shape index (κ2) is 20.9. The van der Waals surface area contributed by atoms with Crippen molar-refractivity contribution in [3.05, 3.63) is 77.7 Å². The van der Waals surface area contributed by atoms with Gasteiger partial charge in [0.05, 0.1) is 0 Å². The molecule has 0 bridgehead atoms. The van der Waals surface area contributed by atoms with Gasteiger partial charge < -0.3 is 16.0 Å². The van der Waals surface area contributed by atoms with Gasteiger partial charge >= 0.3 is 0 Å². The summed E-state index contributed by atoms with van der Waals surface area (Å²) in [6.07, 6.45) is 22.2. The minimum Gasteiger partial charge on any atom is -0.360 e. The van der Waals surface area contributed by atoms with Crippen molar-refractivity contribution in [1.29, 1.82) is 0 Å². The SMILES string of the molecule is C.C/C=C/CCC1(NC)CCC(C)C1.C/C=C\C(=C/C)NC(=O)C1CCCC1.C=C(C)Nc1ccc(C=O)cc1C. The van der Waals surface area contributed by atoms with Gasteiger partial charge in [0, 0.05) is 34.1 Å². The average molecular weight is 566 g/mol. The van der Waals surface area contributed by atoms with Crippen LogP contribution in [0.4, 0.5) is 5.69 Å². The molecule has 1 amide bonds. The van der Waals surface area contributed by atoms with Crippen molar-refractivity contribution < 1.29 is 9.59 Å². The molecule has 0 radical (unpaired) electrons. The summed E-state index contributed by atoms with van der Waals surface area (Å²) in [5, 5.41) is 9.59. The van der Waals surface area contributed by atoms with E-state index in [9.17, 15) is 9.59 Å². The molecule has 3 rings (SSSR count). The van der Waals surface area contributed by atoms with Gasteiger partial charge in [0.2, 0.25) is 5.91 Å². The van der Waals surface area contributed by atoms with Crippen LogP contribution in [0.25, 0.3) is 0 Å². The number of rotatable bonds is 10. The highest BCUT2D eigenvalue weighted by atomic mass is 16.1. The minimum absolute atomic E-state index is 0. The van der Waals surface area contributed by atoms with Crippen molar-refractivity contribution >= 4 is 17.9 Å². The highest BCUT2D eigenvalue weighted by molar-refractivity contribution is 5.81. The molecule has 230 valence electrons. The molecular weight excluding hydrogens is 506 g/mol. The molecule has 5 nitrogen and oxygen atoms in total. The number of anilines is 1. The number of amides is 1. The zero-order chi connectivity index (χ0) is 30.0. The van der Waals surface area contributed by atoms with Crippen LogP contribution in [-0.4, -0.2) is 24.8 Å². The third kappa shape index (κ3) is 14.5. The summed E-state index contributed by atoms with van der Waals surface area (Å²) in [5.41, 5.74) is 5.00. The van der Waals surface area contributed by atoms with Crippen molar-refractivity contribution in [3.8, 4) is 0 Å². The first-order valence-electron chi connectivity index (χ1n) is 15.0. The van der Waals surface area contributed by atoms with Gasteiger partial charge in [-0.05, 0) is 122 Å². The summed E-state index contributed by atoms with van der Waals surface area (Å²) < 4.78 is 0. The summed E-state index contributed by atoms with van der Waals surface area (Å²) in [4.78, 5) is 22.2. The largest absolute Gasteiger partial charge is 0.360 e. The Morgan fingerprint density at radius 2 is 1.80 bits per heavy atom. The molecule has 0 heterocycles. The Kier molecular flexibility index (Phi) is 19.4. The van der Waals surface area contributed by atoms with Crippen molar-refractivity contribution in [1.82, 2.24) is 10.6 Å². The van der Waals surface area contributed by atoms with Crippen LogP contribution in [-0.2, 0) is 4.79 Å². The van der Waals surface area contributed by atoms with Crippen molar-refractivity contribution in [2.45, 2.75) is 112 Å². The molecule has 0 aromatic heterocycles. The fourth-order valence-electron chi connectivity index (χ4n) is 5.45. The number of allylic oxidation sites excluding steroid dienone is 6. The van der Waals surface area contributed by atoms with Gasteiger partial charge in [0.25, 0.3) is 0 Å². The number of carbonyl (C=O) groups is 2. The van der Waals surface area contributed by atoms with E-state index in [4.69, 9.17) is 0 Å². The van der Waals surface area contributed by atoms with Crippen LogP contribution in [0.15, 0.2) is 66.6 Å². The van der Waals surface area contributed by atoms with Crippen molar-refractivity contribution in [2.24, 2.45) is 11.8 Å². The highest BCUT2D eigenvalue weighted by Gasteiger charge is 2.34. The number of aryl methyl sites for hydroxylation is 1. The molecule has 0 saturated heterocycles. The second-order valence-corrected chi connectivity index (χ2v) is 11.3. The molecular formula is C36H59N3O2. The molecule has 3 N–H and O–H groups in total. The van der Waals surface area contributed by atoms with Crippen molar-refractivity contribution in [3.63, 3.8) is 0 Å². The standard InChI is InChI=1S/C12H19NO.C12H23N.C11H13NO.CH4/c1-3-7-11(4-2)13-12(14)10-8-5-6-9-10;1-4-5-6-8-12(13-3)9-7-11(2)10-12;1-8(2)12-11-5-4-10(7-13)6-9(11)3;/h3-4,7,10H,5-6,8-9H2,1-2H3,(H,13,14);4-5,11,13H,6-10H2,1-3H3;4-7,12H,1H2,2-3H3;1H4/b7-3-,11-4+;5-4+;;. The van der Waals surface area contributed by atoms with E-state index in [0.29, 0.717) is 11.1 Å². The lowest BCUT2D eigenvalue weighted by molar-refractivity contribution is -0.124. The van der Waals surface area contributed by atoms with Crippen LogP contribution in [0, 0.1) is 18.8 Å². The number of nitrogens with one attached hydrogen (secondary N) is 3. The van der Waals surface area contributed by atoms with Gasteiger partial charge in [0.15, 0.2) is 0 Å². The Morgan fingerprint density at radius 3 is 2.27 bits per heavy atom. The fraction of sp³-hybridized carbons (Fsp3) is 0.556. The third-order valence-electron chi connectivity index (χ3n) is 7.80. The van der Waals surface area contributed by atoms with Gasteiger partial charge in [-0.15, -0.1) is 0 Å². The lowest BCUT2D eigenvalue weighted by atomic mass is 9.90. The zero-order valence-corrected chi connectivity index (χ0v) is 26.2. The fourth-order valence-corrected chi connectivity index (χ4v) is 5.45. The first kappa shape index (κ1) is 38.1. The van der Waals surface area contributed by atoms with Crippen LogP contribution >= 0.6 is 0 Å². The predicted molar refractivity (Wildman–Crippen MR) is 179 cm³/mol. The predicted octanol–water partition coefficient (Wildman–Crippen LogP) is 9.28. The van der Waals surface area contributed by atoms with E-state index in [2.05, 4.69) is 55.6 Å².